The number of nitrogens with one attached hydrogen (secondary N) is 1. The highest BCUT2D eigenvalue weighted by atomic mass is 19.1. The van der Waals surface area contributed by atoms with Crippen LogP contribution in [0.3, 0.4) is 0 Å². The number of amides is 1. The molecule has 1 aliphatic rings. The van der Waals surface area contributed by atoms with E-state index in [2.05, 4.69) is 5.32 Å². The predicted molar refractivity (Wildman–Crippen MR) is 94.5 cm³/mol. The maximum absolute atomic E-state index is 13.2. The van der Waals surface area contributed by atoms with Crippen molar-refractivity contribution in [3.05, 3.63) is 94.2 Å². The fourth-order valence-corrected chi connectivity index (χ4v) is 3.09. The van der Waals surface area contributed by atoms with Gasteiger partial charge >= 0.3 is 0 Å². The smallest absolute Gasteiger partial charge is 0.287 e. The first-order chi connectivity index (χ1) is 13.0. The highest BCUT2D eigenvalue weighted by Gasteiger charge is 2.34. The first kappa shape index (κ1) is 16.9. The van der Waals surface area contributed by atoms with E-state index in [-0.39, 0.29) is 40.8 Å². The molecule has 0 radical (unpaired) electrons. The number of ketones is 2. The molecule has 0 spiro atoms. The van der Waals surface area contributed by atoms with Gasteiger partial charge in [-0.3, -0.25) is 14.4 Å². The maximum atomic E-state index is 13.2. The molecule has 5 nitrogen and oxygen atoms in total. The molecular formula is C21H14FNO4. The molecule has 1 aliphatic carbocycles. The molecule has 3 aromatic rings. The van der Waals surface area contributed by atoms with Crippen LogP contribution in [0, 0.1) is 5.82 Å². The van der Waals surface area contributed by atoms with Crippen molar-refractivity contribution in [2.75, 3.05) is 6.54 Å². The molecule has 27 heavy (non-hydrogen) atoms. The van der Waals surface area contributed by atoms with E-state index in [0.717, 1.165) is 5.56 Å². The Morgan fingerprint density at radius 3 is 2.41 bits per heavy atom. The molecule has 0 bridgehead atoms. The van der Waals surface area contributed by atoms with Gasteiger partial charge in [-0.25, -0.2) is 4.39 Å². The number of hydrogen-bond donors (Lipinski definition) is 1. The van der Waals surface area contributed by atoms with Crippen LogP contribution in [0.15, 0.2) is 59.0 Å². The van der Waals surface area contributed by atoms with Gasteiger partial charge in [-0.15, -0.1) is 0 Å². The minimum atomic E-state index is -0.537. The van der Waals surface area contributed by atoms with Gasteiger partial charge in [-0.2, -0.15) is 0 Å². The number of rotatable bonds is 4. The molecule has 6 heteroatoms. The van der Waals surface area contributed by atoms with Crippen LogP contribution < -0.4 is 5.32 Å². The molecule has 1 amide bonds. The Labute approximate surface area is 153 Å². The second-order valence-electron chi connectivity index (χ2n) is 6.19. The minimum Gasteiger partial charge on any atom is -0.447 e. The third-order valence-electron chi connectivity index (χ3n) is 4.41. The highest BCUT2D eigenvalue weighted by Crippen LogP contribution is 2.29. The fourth-order valence-electron chi connectivity index (χ4n) is 3.09. The Balaban J connectivity index is 1.50. The quantitative estimate of drug-likeness (QED) is 0.604. The van der Waals surface area contributed by atoms with Gasteiger partial charge in [-0.05, 0) is 24.1 Å². The van der Waals surface area contributed by atoms with Crippen LogP contribution in [0.5, 0.6) is 0 Å². The Morgan fingerprint density at radius 1 is 0.926 bits per heavy atom. The first-order valence-electron chi connectivity index (χ1n) is 8.39. The normalized spacial score (nSPS) is 12.5. The van der Waals surface area contributed by atoms with E-state index in [0.29, 0.717) is 12.0 Å². The zero-order valence-electron chi connectivity index (χ0n) is 14.1. The summed E-state index contributed by atoms with van der Waals surface area (Å²) in [5, 5.41) is 2.65. The monoisotopic (exact) mass is 363 g/mol. The van der Waals surface area contributed by atoms with Crippen LogP contribution in [-0.2, 0) is 6.42 Å². The van der Waals surface area contributed by atoms with Crippen molar-refractivity contribution in [1.29, 1.82) is 0 Å². The van der Waals surface area contributed by atoms with E-state index in [9.17, 15) is 18.8 Å². The third kappa shape index (κ3) is 3.06. The Bertz CT molecular complexity index is 1030. The number of hydrogen-bond acceptors (Lipinski definition) is 4. The summed E-state index contributed by atoms with van der Waals surface area (Å²) in [5.41, 5.74) is 1.40. The van der Waals surface area contributed by atoms with Crippen LogP contribution in [0.4, 0.5) is 4.39 Å². The van der Waals surface area contributed by atoms with Gasteiger partial charge in [0.2, 0.25) is 5.78 Å². The lowest BCUT2D eigenvalue weighted by molar-refractivity contribution is 0.0914. The molecule has 134 valence electrons. The fraction of sp³-hybridized carbons (Fsp3) is 0.0952. The average molecular weight is 363 g/mol. The molecule has 0 atom stereocenters. The van der Waals surface area contributed by atoms with E-state index in [4.69, 9.17) is 4.42 Å². The lowest BCUT2D eigenvalue weighted by Crippen LogP contribution is -2.25. The standard InChI is InChI=1S/C21H14FNO4/c22-13-5-3-4-12(10-13)8-9-23-21(26)17-11-16-18(24)14-6-1-2-7-15(14)19(25)20(16)27-17/h1-7,10-11H,8-9H2,(H,23,26). The molecular weight excluding hydrogens is 349 g/mol. The number of furan rings is 1. The Hall–Kier alpha value is -3.54. The van der Waals surface area contributed by atoms with Crippen LogP contribution >= 0.6 is 0 Å². The van der Waals surface area contributed by atoms with Crippen molar-refractivity contribution < 1.29 is 23.2 Å². The summed E-state index contributed by atoms with van der Waals surface area (Å²) in [5.74, 6) is -1.86. The van der Waals surface area contributed by atoms with Gasteiger partial charge in [0.05, 0.1) is 5.56 Å². The van der Waals surface area contributed by atoms with E-state index < -0.39 is 11.7 Å². The Morgan fingerprint density at radius 2 is 1.67 bits per heavy atom. The SMILES string of the molecule is O=C(NCCc1cccc(F)c1)c1cc2c(o1)C(=O)c1ccccc1C2=O. The summed E-state index contributed by atoms with van der Waals surface area (Å²) in [4.78, 5) is 37.4. The molecule has 0 unspecified atom stereocenters. The summed E-state index contributed by atoms with van der Waals surface area (Å²) in [6, 6.07) is 13.9. The van der Waals surface area contributed by atoms with Gasteiger partial charge < -0.3 is 9.73 Å². The average Bonchev–Trinajstić information content (AvgIpc) is 3.12. The molecule has 1 heterocycles. The molecule has 0 saturated carbocycles. The van der Waals surface area contributed by atoms with Gasteiger partial charge in [0.25, 0.3) is 5.91 Å². The van der Waals surface area contributed by atoms with Crippen molar-refractivity contribution in [3.8, 4) is 0 Å². The second kappa shape index (κ2) is 6.64. The maximum Gasteiger partial charge on any atom is 0.287 e. The summed E-state index contributed by atoms with van der Waals surface area (Å²) < 4.78 is 18.6. The van der Waals surface area contributed by atoms with Crippen molar-refractivity contribution in [1.82, 2.24) is 5.32 Å². The zero-order valence-corrected chi connectivity index (χ0v) is 14.1. The van der Waals surface area contributed by atoms with E-state index in [1.165, 1.54) is 18.2 Å². The summed E-state index contributed by atoms with van der Waals surface area (Å²) in [6.07, 6.45) is 0.438. The highest BCUT2D eigenvalue weighted by molar-refractivity contribution is 6.27. The van der Waals surface area contributed by atoms with Crippen molar-refractivity contribution >= 4 is 17.5 Å². The largest absolute Gasteiger partial charge is 0.447 e. The molecule has 2 aromatic carbocycles. The minimum absolute atomic E-state index is 0.0916. The third-order valence-corrected chi connectivity index (χ3v) is 4.41. The number of carbonyl (C=O) groups is 3. The topological polar surface area (TPSA) is 76.4 Å². The molecule has 0 saturated heterocycles. The summed E-state index contributed by atoms with van der Waals surface area (Å²) >= 11 is 0. The zero-order chi connectivity index (χ0) is 19.0. The van der Waals surface area contributed by atoms with Gasteiger partial charge in [0.1, 0.15) is 5.82 Å². The van der Waals surface area contributed by atoms with Crippen LogP contribution in [0.1, 0.15) is 48.2 Å². The van der Waals surface area contributed by atoms with Crippen LogP contribution in [0.2, 0.25) is 0 Å². The van der Waals surface area contributed by atoms with Crippen molar-refractivity contribution in [3.63, 3.8) is 0 Å². The van der Waals surface area contributed by atoms with Gasteiger partial charge in [-0.1, -0.05) is 36.4 Å². The molecule has 1 N–H and O–H groups in total. The predicted octanol–water partition coefficient (Wildman–Crippen LogP) is 3.17. The van der Waals surface area contributed by atoms with Gasteiger partial charge in [0, 0.05) is 23.7 Å². The number of carbonyl (C=O) groups excluding carboxylic acids is 3. The van der Waals surface area contributed by atoms with Crippen molar-refractivity contribution in [2.45, 2.75) is 6.42 Å². The van der Waals surface area contributed by atoms with Gasteiger partial charge in [0.15, 0.2) is 17.3 Å². The van der Waals surface area contributed by atoms with Crippen LogP contribution in [-0.4, -0.2) is 24.0 Å². The Kier molecular flexibility index (Phi) is 4.16. The number of halogens is 1. The lowest BCUT2D eigenvalue weighted by Gasteiger charge is -2.11. The molecule has 0 aliphatic heterocycles. The summed E-state index contributed by atoms with van der Waals surface area (Å²) in [7, 11) is 0. The first-order valence-corrected chi connectivity index (χ1v) is 8.39. The molecule has 1 aromatic heterocycles. The number of fused-ring (bicyclic) bond motifs is 2. The van der Waals surface area contributed by atoms with E-state index in [1.807, 2.05) is 0 Å². The summed E-state index contributed by atoms with van der Waals surface area (Å²) in [6.45, 7) is 0.260. The van der Waals surface area contributed by atoms with E-state index >= 15 is 0 Å². The molecule has 0 fully saturated rings. The lowest BCUT2D eigenvalue weighted by atomic mass is 9.89. The van der Waals surface area contributed by atoms with Crippen molar-refractivity contribution in [2.24, 2.45) is 0 Å². The molecule has 4 rings (SSSR count). The second-order valence-corrected chi connectivity index (χ2v) is 6.19. The van der Waals surface area contributed by atoms with E-state index in [1.54, 1.807) is 36.4 Å². The van der Waals surface area contributed by atoms with Crippen LogP contribution in [0.25, 0.3) is 0 Å². The number of benzene rings is 2.